The zero-order valence-electron chi connectivity index (χ0n) is 20.2. The molecule has 38 heavy (non-hydrogen) atoms. The van der Waals surface area contributed by atoms with Crippen LogP contribution in [0, 0.1) is 0 Å². The molecule has 4 rings (SSSR count). The van der Waals surface area contributed by atoms with E-state index in [1.54, 1.807) is 42.5 Å². The molecule has 1 amide bonds. The Morgan fingerprint density at radius 1 is 0.816 bits per heavy atom. The fourth-order valence-corrected chi connectivity index (χ4v) is 5.88. The number of amides is 1. The number of benzene rings is 3. The number of nitrogens with zero attached hydrogens (tertiary/aromatic N) is 2. The van der Waals surface area contributed by atoms with Crippen LogP contribution >= 0.6 is 0 Å². The minimum Gasteiger partial charge on any atom is -0.497 e. The molecule has 0 aliphatic carbocycles. The average molecular weight is 553 g/mol. The first-order valence-electron chi connectivity index (χ1n) is 11.2. The molecule has 196 valence electrons. The van der Waals surface area contributed by atoms with Crippen molar-refractivity contribution in [2.24, 2.45) is 0 Å². The molecule has 2 N–H and O–H groups in total. The van der Waals surface area contributed by atoms with Crippen LogP contribution in [0.2, 0.25) is 0 Å². The first kappa shape index (κ1) is 26.6. The number of pyridine rings is 1. The van der Waals surface area contributed by atoms with E-state index in [0.29, 0.717) is 17.1 Å². The summed E-state index contributed by atoms with van der Waals surface area (Å²) in [6.07, 6.45) is 1.46. The summed E-state index contributed by atoms with van der Waals surface area (Å²) in [4.78, 5) is 16.8. The topological polar surface area (TPSA) is 135 Å². The van der Waals surface area contributed by atoms with E-state index in [2.05, 4.69) is 15.0 Å². The van der Waals surface area contributed by atoms with Crippen molar-refractivity contribution in [2.45, 2.75) is 9.79 Å². The van der Waals surface area contributed by atoms with Gasteiger partial charge in [-0.15, -0.1) is 0 Å². The van der Waals surface area contributed by atoms with E-state index >= 15 is 0 Å². The number of para-hydroxylation sites is 1. The van der Waals surface area contributed by atoms with Gasteiger partial charge in [0.05, 0.1) is 22.6 Å². The molecule has 0 saturated carbocycles. The molecule has 1 aromatic heterocycles. The van der Waals surface area contributed by atoms with Crippen LogP contribution in [0.25, 0.3) is 0 Å². The smallest absolute Gasteiger partial charge is 0.264 e. The number of hydrogen-bond acceptors (Lipinski definition) is 7. The predicted molar refractivity (Wildman–Crippen MR) is 144 cm³/mol. The lowest BCUT2D eigenvalue weighted by Gasteiger charge is -2.24. The van der Waals surface area contributed by atoms with E-state index in [-0.39, 0.29) is 15.6 Å². The Kier molecular flexibility index (Phi) is 7.93. The van der Waals surface area contributed by atoms with E-state index in [9.17, 15) is 21.6 Å². The third kappa shape index (κ3) is 6.28. The normalized spacial score (nSPS) is 11.4. The number of anilines is 3. The highest BCUT2D eigenvalue weighted by Gasteiger charge is 2.27. The first-order valence-corrected chi connectivity index (χ1v) is 14.2. The molecule has 0 aliphatic rings. The summed E-state index contributed by atoms with van der Waals surface area (Å²) < 4.78 is 60.6. The van der Waals surface area contributed by atoms with Crippen molar-refractivity contribution >= 4 is 43.1 Å². The lowest BCUT2D eigenvalue weighted by Crippen LogP contribution is -2.38. The standard InChI is InChI=1S/C26H24N4O6S2/c1-36-22-12-16-24(17-13-22)38(34,35)30(21-7-3-2-4-8-21)19-26(31)28-20-10-14-23(15-11-20)37(32,33)29-25-9-5-6-18-27-25/h2-18H,19H2,1H3,(H,27,29)(H,28,31). The zero-order valence-corrected chi connectivity index (χ0v) is 21.8. The molecule has 0 unspecified atom stereocenters. The minimum atomic E-state index is -4.10. The Hall–Kier alpha value is -4.42. The van der Waals surface area contributed by atoms with Gasteiger partial charge in [-0.05, 0) is 72.8 Å². The number of sulfonamides is 2. The predicted octanol–water partition coefficient (Wildman–Crippen LogP) is 3.73. The zero-order chi connectivity index (χ0) is 27.2. The van der Waals surface area contributed by atoms with E-state index in [4.69, 9.17) is 4.74 Å². The van der Waals surface area contributed by atoms with Gasteiger partial charge in [0.2, 0.25) is 5.91 Å². The third-order valence-corrected chi connectivity index (χ3v) is 8.49. The SMILES string of the molecule is COc1ccc(S(=O)(=O)N(CC(=O)Nc2ccc(S(=O)(=O)Nc3ccccn3)cc2)c2ccccc2)cc1. The van der Waals surface area contributed by atoms with E-state index in [1.807, 2.05) is 0 Å². The third-order valence-electron chi connectivity index (χ3n) is 5.33. The molecule has 0 aliphatic heterocycles. The van der Waals surface area contributed by atoms with Crippen LogP contribution in [-0.4, -0.2) is 41.4 Å². The number of rotatable bonds is 10. The van der Waals surface area contributed by atoms with Crippen molar-refractivity contribution < 1.29 is 26.4 Å². The molecule has 12 heteroatoms. The maximum Gasteiger partial charge on any atom is 0.264 e. The Balaban J connectivity index is 1.51. The van der Waals surface area contributed by atoms with Crippen LogP contribution in [0.4, 0.5) is 17.2 Å². The van der Waals surface area contributed by atoms with Crippen molar-refractivity contribution in [3.8, 4) is 5.75 Å². The fourth-order valence-electron chi connectivity index (χ4n) is 3.45. The fraction of sp³-hybridized carbons (Fsp3) is 0.0769. The van der Waals surface area contributed by atoms with Crippen LogP contribution in [0.1, 0.15) is 0 Å². The Morgan fingerprint density at radius 2 is 1.45 bits per heavy atom. The summed E-state index contributed by atoms with van der Waals surface area (Å²) in [6, 6.07) is 24.4. The van der Waals surface area contributed by atoms with Crippen LogP contribution < -0.4 is 19.1 Å². The second kappa shape index (κ2) is 11.3. The molecule has 0 radical (unpaired) electrons. The average Bonchev–Trinajstić information content (AvgIpc) is 2.93. The van der Waals surface area contributed by atoms with Gasteiger partial charge in [0.25, 0.3) is 20.0 Å². The summed E-state index contributed by atoms with van der Waals surface area (Å²) in [5.41, 5.74) is 0.599. The molecule has 0 fully saturated rings. The van der Waals surface area contributed by atoms with Gasteiger partial charge in [-0.2, -0.15) is 0 Å². The quantitative estimate of drug-likeness (QED) is 0.306. The number of ether oxygens (including phenoxy) is 1. The second-order valence-electron chi connectivity index (χ2n) is 7.92. The highest BCUT2D eigenvalue weighted by atomic mass is 32.2. The number of carbonyl (C=O) groups excluding carboxylic acids is 1. The number of carbonyl (C=O) groups is 1. The molecule has 0 spiro atoms. The van der Waals surface area contributed by atoms with E-state index in [1.165, 1.54) is 67.9 Å². The van der Waals surface area contributed by atoms with Gasteiger partial charge in [-0.3, -0.25) is 13.8 Å². The summed E-state index contributed by atoms with van der Waals surface area (Å²) in [5, 5.41) is 2.62. The maximum absolute atomic E-state index is 13.5. The molecule has 3 aromatic carbocycles. The van der Waals surface area contributed by atoms with Crippen LogP contribution in [-0.2, 0) is 24.8 Å². The number of aromatic nitrogens is 1. The lowest BCUT2D eigenvalue weighted by molar-refractivity contribution is -0.114. The number of hydrogen-bond donors (Lipinski definition) is 2. The van der Waals surface area contributed by atoms with Gasteiger partial charge in [-0.1, -0.05) is 24.3 Å². The maximum atomic E-state index is 13.5. The van der Waals surface area contributed by atoms with Gasteiger partial charge < -0.3 is 10.1 Å². The summed E-state index contributed by atoms with van der Waals surface area (Å²) in [6.45, 7) is -0.514. The monoisotopic (exact) mass is 552 g/mol. The van der Waals surface area contributed by atoms with Crippen molar-refractivity contribution in [1.29, 1.82) is 0 Å². The lowest BCUT2D eigenvalue weighted by atomic mass is 10.3. The van der Waals surface area contributed by atoms with Crippen molar-refractivity contribution in [3.63, 3.8) is 0 Å². The summed E-state index contributed by atoms with van der Waals surface area (Å²) >= 11 is 0. The summed E-state index contributed by atoms with van der Waals surface area (Å²) in [7, 11) is -6.51. The molecule has 0 saturated heterocycles. The van der Waals surface area contributed by atoms with E-state index < -0.39 is 32.5 Å². The highest BCUT2D eigenvalue weighted by molar-refractivity contribution is 7.93. The number of nitrogens with one attached hydrogen (secondary N) is 2. The van der Waals surface area contributed by atoms with Crippen molar-refractivity contribution in [1.82, 2.24) is 4.98 Å². The Labute approximate surface area is 221 Å². The molecular weight excluding hydrogens is 528 g/mol. The van der Waals surface area contributed by atoms with Crippen molar-refractivity contribution in [3.05, 3.63) is 103 Å². The molecular formula is C26H24N4O6S2. The van der Waals surface area contributed by atoms with E-state index in [0.717, 1.165) is 4.31 Å². The first-order chi connectivity index (χ1) is 18.2. The molecule has 0 bridgehead atoms. The molecule has 1 heterocycles. The van der Waals surface area contributed by atoms with Gasteiger partial charge in [0.15, 0.2) is 0 Å². The van der Waals surface area contributed by atoms with Gasteiger partial charge in [0, 0.05) is 11.9 Å². The largest absolute Gasteiger partial charge is 0.497 e. The van der Waals surface area contributed by atoms with Crippen LogP contribution in [0.3, 0.4) is 0 Å². The Morgan fingerprint density at radius 3 is 2.05 bits per heavy atom. The van der Waals surface area contributed by atoms with Gasteiger partial charge >= 0.3 is 0 Å². The van der Waals surface area contributed by atoms with Gasteiger partial charge in [0.1, 0.15) is 18.1 Å². The molecule has 0 atom stereocenters. The summed E-state index contributed by atoms with van der Waals surface area (Å²) in [5.74, 6) is 0.0470. The van der Waals surface area contributed by atoms with Crippen LogP contribution in [0.5, 0.6) is 5.75 Å². The van der Waals surface area contributed by atoms with Crippen LogP contribution in [0.15, 0.2) is 113 Å². The number of methoxy groups -OCH3 is 1. The highest BCUT2D eigenvalue weighted by Crippen LogP contribution is 2.25. The van der Waals surface area contributed by atoms with Gasteiger partial charge in [-0.25, -0.2) is 21.8 Å². The molecule has 10 nitrogen and oxygen atoms in total. The molecule has 4 aromatic rings. The second-order valence-corrected chi connectivity index (χ2v) is 11.5. The van der Waals surface area contributed by atoms with Crippen molar-refractivity contribution in [2.75, 3.05) is 28.0 Å². The Bertz CT molecular complexity index is 1600. The minimum absolute atomic E-state index is 0.00933.